The fourth-order valence-corrected chi connectivity index (χ4v) is 4.18. The van der Waals surface area contributed by atoms with Gasteiger partial charge in [0.05, 0.1) is 19.8 Å². The topological polar surface area (TPSA) is 31.0 Å². The zero-order chi connectivity index (χ0) is 18.7. The van der Waals surface area contributed by atoms with E-state index in [1.54, 1.807) is 0 Å². The molecule has 1 heterocycles. The Kier molecular flexibility index (Phi) is 8.96. The van der Waals surface area contributed by atoms with Gasteiger partial charge >= 0.3 is 0 Å². The predicted molar refractivity (Wildman–Crippen MR) is 111 cm³/mol. The van der Waals surface area contributed by atoms with Crippen molar-refractivity contribution in [1.29, 1.82) is 0 Å². The largest absolute Gasteiger partial charge is 0.494 e. The summed E-state index contributed by atoms with van der Waals surface area (Å²) in [7, 11) is 0. The number of hydrogen-bond donors (Lipinski definition) is 0. The number of hydrogen-bond acceptors (Lipinski definition) is 3. The lowest BCUT2D eigenvalue weighted by Gasteiger charge is -2.29. The summed E-state index contributed by atoms with van der Waals surface area (Å²) in [5, 5.41) is 0. The normalized spacial score (nSPS) is 24.7. The summed E-state index contributed by atoms with van der Waals surface area (Å²) in [6, 6.07) is 8.89. The van der Waals surface area contributed by atoms with Gasteiger partial charge in [-0.25, -0.2) is 0 Å². The average molecular weight is 375 g/mol. The number of benzene rings is 1. The molecule has 0 bridgehead atoms. The van der Waals surface area contributed by atoms with Crippen molar-refractivity contribution in [2.45, 2.75) is 83.2 Å². The third-order valence-electron chi connectivity index (χ3n) is 6.07. The smallest absolute Gasteiger partial charge is 0.119 e. The Hall–Kier alpha value is -1.06. The summed E-state index contributed by atoms with van der Waals surface area (Å²) in [5.74, 6) is 2.74. The van der Waals surface area contributed by atoms with Crippen molar-refractivity contribution in [2.24, 2.45) is 5.92 Å². The van der Waals surface area contributed by atoms with E-state index in [1.165, 1.54) is 56.9 Å². The summed E-state index contributed by atoms with van der Waals surface area (Å²) in [6.45, 7) is 5.50. The van der Waals surface area contributed by atoms with E-state index in [-0.39, 0.29) is 0 Å². The fraction of sp³-hybridized carbons (Fsp3) is 0.750. The third kappa shape index (κ3) is 7.83. The minimum absolute atomic E-state index is 0.371. The van der Waals surface area contributed by atoms with Crippen molar-refractivity contribution in [1.82, 2.24) is 0 Å². The maximum absolute atomic E-state index is 5.88. The summed E-state index contributed by atoms with van der Waals surface area (Å²) < 4.78 is 16.5. The minimum atomic E-state index is 0.371. The zero-order valence-electron chi connectivity index (χ0n) is 17.2. The van der Waals surface area contributed by atoms with Crippen molar-refractivity contribution < 1.29 is 14.2 Å². The summed E-state index contributed by atoms with van der Waals surface area (Å²) in [6.07, 6.45) is 13.6. The highest BCUT2D eigenvalue weighted by Crippen LogP contribution is 2.38. The van der Waals surface area contributed by atoms with Gasteiger partial charge in [-0.3, -0.25) is 0 Å². The molecule has 152 valence electrons. The van der Waals surface area contributed by atoms with Gasteiger partial charge in [0.1, 0.15) is 11.9 Å². The second-order valence-electron chi connectivity index (χ2n) is 8.37. The molecule has 0 aromatic heterocycles. The molecule has 0 radical (unpaired) electrons. The monoisotopic (exact) mass is 374 g/mol. The molecule has 3 nitrogen and oxygen atoms in total. The first-order valence-corrected chi connectivity index (χ1v) is 11.3. The lowest BCUT2D eigenvalue weighted by molar-refractivity contribution is 0.110. The van der Waals surface area contributed by atoms with E-state index in [0.29, 0.717) is 6.10 Å². The second kappa shape index (κ2) is 11.7. The predicted octanol–water partition coefficient (Wildman–Crippen LogP) is 6.12. The van der Waals surface area contributed by atoms with Gasteiger partial charge in [-0.15, -0.1) is 0 Å². The first-order chi connectivity index (χ1) is 13.3. The molecule has 27 heavy (non-hydrogen) atoms. The van der Waals surface area contributed by atoms with Gasteiger partial charge in [-0.1, -0.05) is 44.7 Å². The molecule has 1 atom stereocenters. The molecule has 1 saturated heterocycles. The molecule has 2 aliphatic rings. The fourth-order valence-electron chi connectivity index (χ4n) is 4.18. The molecule has 1 aromatic carbocycles. The maximum Gasteiger partial charge on any atom is 0.119 e. The number of rotatable bonds is 13. The Morgan fingerprint density at radius 2 is 1.67 bits per heavy atom. The molecule has 1 unspecified atom stereocenters. The highest BCUT2D eigenvalue weighted by molar-refractivity contribution is 5.29. The van der Waals surface area contributed by atoms with Crippen LogP contribution >= 0.6 is 0 Å². The Bertz CT molecular complexity index is 501. The standard InChI is InChI=1S/C24H38O3/c1-2-3-4-7-20-8-10-21(11-9-20)22-12-14-23(15-13-22)26-17-6-5-16-25-18-24-19-27-24/h12-15,20-21,24H,2-11,16-19H2,1H3. The van der Waals surface area contributed by atoms with E-state index in [2.05, 4.69) is 31.2 Å². The van der Waals surface area contributed by atoms with Crippen LogP contribution in [0.4, 0.5) is 0 Å². The third-order valence-corrected chi connectivity index (χ3v) is 6.07. The van der Waals surface area contributed by atoms with Crippen LogP contribution in [0.2, 0.25) is 0 Å². The molecule has 3 rings (SSSR count). The van der Waals surface area contributed by atoms with Crippen LogP contribution in [-0.2, 0) is 9.47 Å². The summed E-state index contributed by atoms with van der Waals surface area (Å²) in [5.41, 5.74) is 1.50. The van der Waals surface area contributed by atoms with E-state index >= 15 is 0 Å². The van der Waals surface area contributed by atoms with E-state index in [9.17, 15) is 0 Å². The van der Waals surface area contributed by atoms with Crippen LogP contribution in [0.1, 0.15) is 82.6 Å². The van der Waals surface area contributed by atoms with Gasteiger partial charge in [0, 0.05) is 6.61 Å². The Morgan fingerprint density at radius 3 is 2.37 bits per heavy atom. The quantitative estimate of drug-likeness (QED) is 0.308. The van der Waals surface area contributed by atoms with Crippen molar-refractivity contribution in [3.8, 4) is 5.75 Å². The first kappa shape index (κ1) is 20.7. The van der Waals surface area contributed by atoms with Gasteiger partial charge in [0.2, 0.25) is 0 Å². The molecule has 3 heteroatoms. The average Bonchev–Trinajstić information content (AvgIpc) is 3.53. The highest BCUT2D eigenvalue weighted by Gasteiger charge is 2.22. The van der Waals surface area contributed by atoms with Crippen molar-refractivity contribution in [3.05, 3.63) is 29.8 Å². The van der Waals surface area contributed by atoms with Crippen LogP contribution in [0.15, 0.2) is 24.3 Å². The van der Waals surface area contributed by atoms with Gasteiger partial charge in [-0.05, 0) is 68.1 Å². The maximum atomic E-state index is 5.88. The molecule has 1 aliphatic heterocycles. The lowest BCUT2D eigenvalue weighted by Crippen LogP contribution is -2.13. The van der Waals surface area contributed by atoms with Gasteiger partial charge < -0.3 is 14.2 Å². The Balaban J connectivity index is 1.27. The van der Waals surface area contributed by atoms with Crippen LogP contribution in [0.25, 0.3) is 0 Å². The molecule has 2 fully saturated rings. The molecular formula is C24H38O3. The highest BCUT2D eigenvalue weighted by atomic mass is 16.6. The molecule has 0 N–H and O–H groups in total. The Labute approximate surface area is 165 Å². The van der Waals surface area contributed by atoms with Crippen LogP contribution in [0.3, 0.4) is 0 Å². The van der Waals surface area contributed by atoms with E-state index in [1.807, 2.05) is 0 Å². The molecule has 1 saturated carbocycles. The Morgan fingerprint density at radius 1 is 0.926 bits per heavy atom. The lowest BCUT2D eigenvalue weighted by atomic mass is 9.77. The molecule has 0 spiro atoms. The van der Waals surface area contributed by atoms with Gasteiger partial charge in [0.25, 0.3) is 0 Å². The summed E-state index contributed by atoms with van der Waals surface area (Å²) in [4.78, 5) is 0. The molecule has 1 aliphatic carbocycles. The summed E-state index contributed by atoms with van der Waals surface area (Å²) >= 11 is 0. The second-order valence-corrected chi connectivity index (χ2v) is 8.37. The van der Waals surface area contributed by atoms with Crippen molar-refractivity contribution >= 4 is 0 Å². The van der Waals surface area contributed by atoms with Gasteiger partial charge in [0.15, 0.2) is 0 Å². The van der Waals surface area contributed by atoms with Crippen LogP contribution in [0.5, 0.6) is 5.75 Å². The van der Waals surface area contributed by atoms with E-state index in [0.717, 1.165) is 56.9 Å². The zero-order valence-corrected chi connectivity index (χ0v) is 17.2. The SMILES string of the molecule is CCCCCC1CCC(c2ccc(OCCCCOCC3CO3)cc2)CC1. The van der Waals surface area contributed by atoms with Crippen LogP contribution in [-0.4, -0.2) is 32.5 Å². The molecular weight excluding hydrogens is 336 g/mol. The van der Waals surface area contributed by atoms with Crippen LogP contribution < -0.4 is 4.74 Å². The van der Waals surface area contributed by atoms with Crippen LogP contribution in [0, 0.1) is 5.92 Å². The van der Waals surface area contributed by atoms with Crippen molar-refractivity contribution in [2.75, 3.05) is 26.4 Å². The number of ether oxygens (including phenoxy) is 3. The molecule has 1 aromatic rings. The first-order valence-electron chi connectivity index (χ1n) is 11.3. The number of unbranched alkanes of at least 4 members (excludes halogenated alkanes) is 3. The minimum Gasteiger partial charge on any atom is -0.494 e. The molecule has 0 amide bonds. The van der Waals surface area contributed by atoms with Crippen molar-refractivity contribution in [3.63, 3.8) is 0 Å². The van der Waals surface area contributed by atoms with E-state index in [4.69, 9.17) is 14.2 Å². The van der Waals surface area contributed by atoms with Gasteiger partial charge in [-0.2, -0.15) is 0 Å². The van der Waals surface area contributed by atoms with E-state index < -0.39 is 0 Å². The number of epoxide rings is 1.